The van der Waals surface area contributed by atoms with Gasteiger partial charge in [-0.25, -0.2) is 0 Å². The van der Waals surface area contributed by atoms with E-state index in [4.69, 9.17) is 0 Å². The highest BCUT2D eigenvalue weighted by molar-refractivity contribution is 5.83. The van der Waals surface area contributed by atoms with Gasteiger partial charge in [-0.2, -0.15) is 0 Å². The molecule has 1 aliphatic carbocycles. The number of hydrogen-bond acceptors (Lipinski definition) is 4. The van der Waals surface area contributed by atoms with Crippen molar-refractivity contribution in [2.75, 3.05) is 0 Å². The van der Waals surface area contributed by atoms with E-state index in [0.717, 1.165) is 54.9 Å². The van der Waals surface area contributed by atoms with Gasteiger partial charge in [0.05, 0.1) is 6.04 Å². The van der Waals surface area contributed by atoms with Crippen molar-refractivity contribution in [3.05, 3.63) is 46.5 Å². The van der Waals surface area contributed by atoms with Crippen LogP contribution in [-0.4, -0.2) is 26.5 Å². The lowest BCUT2D eigenvalue weighted by molar-refractivity contribution is -0.121. The zero-order valence-corrected chi connectivity index (χ0v) is 19.6. The van der Waals surface area contributed by atoms with E-state index < -0.39 is 6.04 Å². The number of rotatable bonds is 11. The summed E-state index contributed by atoms with van der Waals surface area (Å²) in [6, 6.07) is 6.11. The lowest BCUT2D eigenvalue weighted by Gasteiger charge is -2.19. The zero-order valence-electron chi connectivity index (χ0n) is 19.6. The average molecular weight is 425 g/mol. The fourth-order valence-corrected chi connectivity index (χ4v) is 4.15. The van der Waals surface area contributed by atoms with E-state index in [1.807, 2.05) is 19.1 Å². The van der Waals surface area contributed by atoms with Crippen molar-refractivity contribution in [1.29, 1.82) is 0 Å². The highest BCUT2D eigenvalue weighted by atomic mass is 16.1. The van der Waals surface area contributed by atoms with Gasteiger partial charge in [0.1, 0.15) is 11.6 Å². The summed E-state index contributed by atoms with van der Waals surface area (Å²) in [6.07, 6.45) is 5.89. The first-order valence-electron chi connectivity index (χ1n) is 11.5. The van der Waals surface area contributed by atoms with E-state index in [1.165, 1.54) is 12.5 Å². The zero-order chi connectivity index (χ0) is 22.5. The molecule has 1 heterocycles. The molecule has 0 radical (unpaired) electrons. The number of aromatic nitrogens is 3. The number of ketones is 1. The lowest BCUT2D eigenvalue weighted by atomic mass is 9.98. The van der Waals surface area contributed by atoms with Crippen molar-refractivity contribution >= 4 is 11.7 Å². The predicted molar refractivity (Wildman–Crippen MR) is 122 cm³/mol. The SMILES string of the molecule is CC(=O)N[C@@H](CC(=O)Cc1ccc(C)cc1C)c1nnc(CCCC(C)C)n1C1CC1. The predicted octanol–water partition coefficient (Wildman–Crippen LogP) is 4.59. The fourth-order valence-electron chi connectivity index (χ4n) is 4.15. The molecule has 1 aromatic carbocycles. The molecule has 6 heteroatoms. The third kappa shape index (κ3) is 6.49. The molecule has 3 rings (SSSR count). The second kappa shape index (κ2) is 10.2. The molecule has 1 fully saturated rings. The van der Waals surface area contributed by atoms with Crippen LogP contribution in [0.1, 0.15) is 93.3 Å². The molecule has 1 saturated carbocycles. The van der Waals surface area contributed by atoms with Gasteiger partial charge >= 0.3 is 0 Å². The number of aryl methyl sites for hydroxylation is 3. The van der Waals surface area contributed by atoms with Crippen LogP contribution < -0.4 is 5.32 Å². The molecular formula is C25H36N4O2. The van der Waals surface area contributed by atoms with Crippen LogP contribution in [0.25, 0.3) is 0 Å². The molecule has 0 spiro atoms. The summed E-state index contributed by atoms with van der Waals surface area (Å²) < 4.78 is 2.20. The maximum Gasteiger partial charge on any atom is 0.217 e. The Bertz CT molecular complexity index is 928. The van der Waals surface area contributed by atoms with E-state index in [0.29, 0.717) is 18.4 Å². The number of benzene rings is 1. The molecule has 0 saturated heterocycles. The van der Waals surface area contributed by atoms with Gasteiger partial charge in [0.15, 0.2) is 5.82 Å². The van der Waals surface area contributed by atoms with Crippen LogP contribution in [0.15, 0.2) is 18.2 Å². The maximum absolute atomic E-state index is 13.0. The Hall–Kier alpha value is -2.50. The number of Topliss-reactive ketones (excluding diaryl/α,β-unsaturated/α-hetero) is 1. The molecule has 1 N–H and O–H groups in total. The molecule has 0 unspecified atom stereocenters. The third-order valence-corrected chi connectivity index (χ3v) is 5.89. The molecule has 31 heavy (non-hydrogen) atoms. The van der Waals surface area contributed by atoms with Crippen molar-refractivity contribution in [3.8, 4) is 0 Å². The van der Waals surface area contributed by atoms with Crippen molar-refractivity contribution in [2.45, 2.75) is 91.6 Å². The quantitative estimate of drug-likeness (QED) is 0.572. The van der Waals surface area contributed by atoms with Crippen molar-refractivity contribution in [2.24, 2.45) is 5.92 Å². The van der Waals surface area contributed by atoms with Crippen LogP contribution in [0.3, 0.4) is 0 Å². The first-order chi connectivity index (χ1) is 14.7. The minimum Gasteiger partial charge on any atom is -0.346 e. The van der Waals surface area contributed by atoms with Crippen LogP contribution in [0.5, 0.6) is 0 Å². The summed E-state index contributed by atoms with van der Waals surface area (Å²) in [4.78, 5) is 24.9. The maximum atomic E-state index is 13.0. The summed E-state index contributed by atoms with van der Waals surface area (Å²) in [6.45, 7) is 10.0. The van der Waals surface area contributed by atoms with Crippen LogP contribution in [0.2, 0.25) is 0 Å². The number of amides is 1. The highest BCUT2D eigenvalue weighted by Crippen LogP contribution is 2.38. The third-order valence-electron chi connectivity index (χ3n) is 5.89. The van der Waals surface area contributed by atoms with E-state index in [9.17, 15) is 9.59 Å². The molecule has 6 nitrogen and oxygen atoms in total. The molecule has 1 atom stereocenters. The van der Waals surface area contributed by atoms with Crippen LogP contribution in [0, 0.1) is 19.8 Å². The first-order valence-corrected chi connectivity index (χ1v) is 11.5. The molecule has 168 valence electrons. The van der Waals surface area contributed by atoms with Crippen molar-refractivity contribution in [3.63, 3.8) is 0 Å². The van der Waals surface area contributed by atoms with Crippen LogP contribution in [-0.2, 0) is 22.4 Å². The second-order valence-electron chi connectivity index (χ2n) is 9.46. The summed E-state index contributed by atoms with van der Waals surface area (Å²) in [7, 11) is 0. The largest absolute Gasteiger partial charge is 0.346 e. The number of hydrogen-bond donors (Lipinski definition) is 1. The Labute approximate surface area is 185 Å². The van der Waals surface area contributed by atoms with E-state index in [-0.39, 0.29) is 18.1 Å². The molecule has 2 aromatic rings. The van der Waals surface area contributed by atoms with Crippen molar-refractivity contribution < 1.29 is 9.59 Å². The van der Waals surface area contributed by atoms with Gasteiger partial charge in [-0.1, -0.05) is 44.0 Å². The fraction of sp³-hybridized carbons (Fsp3) is 0.600. The molecule has 0 bridgehead atoms. The Morgan fingerprint density at radius 1 is 1.19 bits per heavy atom. The van der Waals surface area contributed by atoms with Gasteiger partial charge in [-0.3, -0.25) is 9.59 Å². The molecule has 0 aliphatic heterocycles. The van der Waals surface area contributed by atoms with Gasteiger partial charge in [0, 0.05) is 32.2 Å². The standard InChI is InChI=1S/C25H36N4O2/c1-16(2)7-6-8-24-27-28-25(29(24)21-11-12-21)23(26-19(5)30)15-22(31)14-20-10-9-17(3)13-18(20)4/h9-10,13,16,21,23H,6-8,11-12,14-15H2,1-5H3,(H,26,30)/t23-/m0/s1. The number of nitrogens with zero attached hydrogens (tertiary/aromatic N) is 3. The number of carbonyl (C=O) groups excluding carboxylic acids is 2. The van der Waals surface area contributed by atoms with E-state index in [2.05, 4.69) is 46.9 Å². The van der Waals surface area contributed by atoms with Gasteiger partial charge < -0.3 is 9.88 Å². The smallest absolute Gasteiger partial charge is 0.217 e. The topological polar surface area (TPSA) is 76.9 Å². The van der Waals surface area contributed by atoms with Gasteiger partial charge in [0.25, 0.3) is 0 Å². The molecule has 1 aliphatic rings. The highest BCUT2D eigenvalue weighted by Gasteiger charge is 2.33. The van der Waals surface area contributed by atoms with Crippen LogP contribution in [0.4, 0.5) is 0 Å². The van der Waals surface area contributed by atoms with Crippen LogP contribution >= 0.6 is 0 Å². The Morgan fingerprint density at radius 2 is 1.94 bits per heavy atom. The van der Waals surface area contributed by atoms with Crippen molar-refractivity contribution in [1.82, 2.24) is 20.1 Å². The minimum atomic E-state index is -0.442. The monoisotopic (exact) mass is 424 g/mol. The first kappa shape index (κ1) is 23.2. The number of carbonyl (C=O) groups is 2. The normalized spacial score (nSPS) is 14.6. The molecular weight excluding hydrogens is 388 g/mol. The summed E-state index contributed by atoms with van der Waals surface area (Å²) in [5.41, 5.74) is 3.35. The summed E-state index contributed by atoms with van der Waals surface area (Å²) in [5.74, 6) is 2.31. The Morgan fingerprint density at radius 3 is 2.55 bits per heavy atom. The lowest BCUT2D eigenvalue weighted by Crippen LogP contribution is -2.31. The Balaban J connectivity index is 1.77. The summed E-state index contributed by atoms with van der Waals surface area (Å²) in [5, 5.41) is 11.9. The summed E-state index contributed by atoms with van der Waals surface area (Å²) >= 11 is 0. The van der Waals surface area contributed by atoms with Gasteiger partial charge in [-0.05, 0) is 50.2 Å². The van der Waals surface area contributed by atoms with Gasteiger partial charge in [-0.15, -0.1) is 10.2 Å². The van der Waals surface area contributed by atoms with E-state index >= 15 is 0 Å². The Kier molecular flexibility index (Phi) is 7.63. The van der Waals surface area contributed by atoms with Gasteiger partial charge in [0.2, 0.25) is 5.91 Å². The number of nitrogens with one attached hydrogen (secondary N) is 1. The minimum absolute atomic E-state index is 0.0948. The molecule has 1 amide bonds. The van der Waals surface area contributed by atoms with E-state index in [1.54, 1.807) is 0 Å². The average Bonchev–Trinajstić information content (AvgIpc) is 3.42. The second-order valence-corrected chi connectivity index (χ2v) is 9.46. The molecule has 1 aromatic heterocycles.